The first kappa shape index (κ1) is 13.6. The van der Waals surface area contributed by atoms with E-state index in [1.807, 2.05) is 30.3 Å². The second-order valence-corrected chi connectivity index (χ2v) is 6.70. The lowest BCUT2D eigenvalue weighted by atomic mass is 10.1. The van der Waals surface area contributed by atoms with Crippen LogP contribution in [0.3, 0.4) is 0 Å². The van der Waals surface area contributed by atoms with Gasteiger partial charge in [0, 0.05) is 12.2 Å². The lowest BCUT2D eigenvalue weighted by Crippen LogP contribution is -2.32. The van der Waals surface area contributed by atoms with Gasteiger partial charge in [0.15, 0.2) is 0 Å². The Morgan fingerprint density at radius 2 is 1.76 bits per heavy atom. The van der Waals surface area contributed by atoms with Gasteiger partial charge >= 0.3 is 0 Å². The summed E-state index contributed by atoms with van der Waals surface area (Å²) in [5.41, 5.74) is 7.12. The maximum atomic E-state index is 12.4. The fraction of sp³-hybridized carbons (Fsp3) is 0.133. The minimum atomic E-state index is -3.78. The molecule has 21 heavy (non-hydrogen) atoms. The minimum Gasteiger partial charge on any atom is -0.399 e. The standard InChI is InChI=1S/C15H14N2O3S/c16-12-6-7-13-14(10-12)21(19,20)17(15(13)18)9-8-11-4-2-1-3-5-11/h1-7,10H,8-9,16H2. The highest BCUT2D eigenvalue weighted by Crippen LogP contribution is 2.31. The number of nitrogen functional groups attached to an aromatic ring is 1. The van der Waals surface area contributed by atoms with E-state index in [4.69, 9.17) is 5.73 Å². The van der Waals surface area contributed by atoms with Crippen LogP contribution in [0.2, 0.25) is 0 Å². The number of sulfonamides is 1. The van der Waals surface area contributed by atoms with Crippen LogP contribution >= 0.6 is 0 Å². The summed E-state index contributed by atoms with van der Waals surface area (Å²) in [6, 6.07) is 13.8. The van der Waals surface area contributed by atoms with Crippen LogP contribution in [0.4, 0.5) is 5.69 Å². The van der Waals surface area contributed by atoms with Crippen LogP contribution in [0.1, 0.15) is 15.9 Å². The summed E-state index contributed by atoms with van der Waals surface area (Å²) in [5.74, 6) is -0.485. The number of nitrogens with zero attached hydrogens (tertiary/aromatic N) is 1. The summed E-state index contributed by atoms with van der Waals surface area (Å²) in [6.07, 6.45) is 0.481. The van der Waals surface area contributed by atoms with E-state index in [1.54, 1.807) is 0 Å². The molecule has 1 aliphatic heterocycles. The van der Waals surface area contributed by atoms with Crippen molar-refractivity contribution in [2.75, 3.05) is 12.3 Å². The largest absolute Gasteiger partial charge is 0.399 e. The van der Waals surface area contributed by atoms with Crippen LogP contribution < -0.4 is 5.73 Å². The molecule has 0 fully saturated rings. The normalized spacial score (nSPS) is 16.0. The van der Waals surface area contributed by atoms with Crippen LogP contribution in [0, 0.1) is 0 Å². The highest BCUT2D eigenvalue weighted by molar-refractivity contribution is 7.90. The van der Waals surface area contributed by atoms with E-state index in [0.717, 1.165) is 9.87 Å². The van der Waals surface area contributed by atoms with Crippen molar-refractivity contribution in [3.8, 4) is 0 Å². The number of amides is 1. The van der Waals surface area contributed by atoms with Gasteiger partial charge in [-0.05, 0) is 30.2 Å². The molecule has 0 unspecified atom stereocenters. The van der Waals surface area contributed by atoms with Crippen molar-refractivity contribution in [2.24, 2.45) is 0 Å². The fourth-order valence-electron chi connectivity index (χ4n) is 2.39. The van der Waals surface area contributed by atoms with Gasteiger partial charge in [-0.3, -0.25) is 4.79 Å². The molecular formula is C15H14N2O3S. The van der Waals surface area contributed by atoms with Crippen molar-refractivity contribution >= 4 is 21.6 Å². The number of fused-ring (bicyclic) bond motifs is 1. The Labute approximate surface area is 123 Å². The summed E-state index contributed by atoms with van der Waals surface area (Å²) in [6.45, 7) is 0.125. The second kappa shape index (κ2) is 4.89. The number of carbonyl (C=O) groups is 1. The molecule has 0 spiro atoms. The highest BCUT2D eigenvalue weighted by atomic mass is 32.2. The molecule has 0 radical (unpaired) electrons. The molecule has 1 heterocycles. The Balaban J connectivity index is 1.90. The van der Waals surface area contributed by atoms with Crippen LogP contribution in [-0.2, 0) is 16.4 Å². The third kappa shape index (κ3) is 2.27. The molecular weight excluding hydrogens is 288 g/mol. The number of benzene rings is 2. The van der Waals surface area contributed by atoms with Gasteiger partial charge in [-0.25, -0.2) is 12.7 Å². The molecule has 2 N–H and O–H groups in total. The van der Waals surface area contributed by atoms with Gasteiger partial charge in [0.05, 0.1) is 5.56 Å². The summed E-state index contributed by atoms with van der Waals surface area (Å²) < 4.78 is 25.8. The zero-order valence-corrected chi connectivity index (χ0v) is 12.0. The molecule has 5 nitrogen and oxygen atoms in total. The Bertz CT molecular complexity index is 801. The van der Waals surface area contributed by atoms with Gasteiger partial charge in [0.25, 0.3) is 15.9 Å². The first-order chi connectivity index (χ1) is 10.00. The van der Waals surface area contributed by atoms with Crippen molar-refractivity contribution in [1.29, 1.82) is 0 Å². The quantitative estimate of drug-likeness (QED) is 0.874. The van der Waals surface area contributed by atoms with Gasteiger partial charge < -0.3 is 5.73 Å². The smallest absolute Gasteiger partial charge is 0.269 e. The van der Waals surface area contributed by atoms with Gasteiger partial charge in [0.1, 0.15) is 4.90 Å². The topological polar surface area (TPSA) is 80.5 Å². The monoisotopic (exact) mass is 302 g/mol. The van der Waals surface area contributed by atoms with Crippen molar-refractivity contribution < 1.29 is 13.2 Å². The molecule has 1 aliphatic rings. The lowest BCUT2D eigenvalue weighted by molar-refractivity contribution is 0.0872. The minimum absolute atomic E-state index is 0.000520. The maximum absolute atomic E-state index is 12.4. The van der Waals surface area contributed by atoms with Crippen LogP contribution in [0.15, 0.2) is 53.4 Å². The Morgan fingerprint density at radius 1 is 1.05 bits per heavy atom. The van der Waals surface area contributed by atoms with Crippen LogP contribution in [-0.4, -0.2) is 25.2 Å². The molecule has 0 bridgehead atoms. The van der Waals surface area contributed by atoms with Gasteiger partial charge in [0.2, 0.25) is 0 Å². The predicted octanol–water partition coefficient (Wildman–Crippen LogP) is 1.66. The van der Waals surface area contributed by atoms with Crippen molar-refractivity contribution in [3.05, 3.63) is 59.7 Å². The van der Waals surface area contributed by atoms with Crippen molar-refractivity contribution in [1.82, 2.24) is 4.31 Å². The number of nitrogens with two attached hydrogens (primary N) is 1. The van der Waals surface area contributed by atoms with Crippen molar-refractivity contribution in [3.63, 3.8) is 0 Å². The number of anilines is 1. The molecule has 0 saturated heterocycles. The van der Waals surface area contributed by atoms with E-state index in [-0.39, 0.29) is 17.0 Å². The molecule has 0 aromatic heterocycles. The Hall–Kier alpha value is -2.34. The predicted molar refractivity (Wildman–Crippen MR) is 79.2 cm³/mol. The molecule has 1 amide bonds. The zero-order valence-electron chi connectivity index (χ0n) is 11.2. The summed E-state index contributed by atoms with van der Waals surface area (Å²) in [5, 5.41) is 0. The van der Waals surface area contributed by atoms with E-state index in [2.05, 4.69) is 0 Å². The third-order valence-corrected chi connectivity index (χ3v) is 5.30. The molecule has 108 valence electrons. The number of hydrogen-bond donors (Lipinski definition) is 1. The second-order valence-electron chi connectivity index (χ2n) is 4.87. The molecule has 0 aliphatic carbocycles. The SMILES string of the molecule is Nc1ccc2c(c1)S(=O)(=O)N(CCc1ccccc1)C2=O. The molecule has 0 saturated carbocycles. The fourth-order valence-corrected chi connectivity index (χ4v) is 3.99. The van der Waals surface area contributed by atoms with E-state index in [0.29, 0.717) is 12.1 Å². The summed E-state index contributed by atoms with van der Waals surface area (Å²) in [7, 11) is -3.78. The van der Waals surface area contributed by atoms with Crippen molar-refractivity contribution in [2.45, 2.75) is 11.3 Å². The van der Waals surface area contributed by atoms with E-state index < -0.39 is 15.9 Å². The summed E-state index contributed by atoms with van der Waals surface area (Å²) >= 11 is 0. The van der Waals surface area contributed by atoms with Crippen LogP contribution in [0.25, 0.3) is 0 Å². The maximum Gasteiger partial charge on any atom is 0.269 e. The summed E-state index contributed by atoms with van der Waals surface area (Å²) in [4.78, 5) is 12.3. The zero-order chi connectivity index (χ0) is 15.0. The molecule has 6 heteroatoms. The number of rotatable bonds is 3. The van der Waals surface area contributed by atoms with Gasteiger partial charge in [-0.1, -0.05) is 30.3 Å². The highest BCUT2D eigenvalue weighted by Gasteiger charge is 2.40. The lowest BCUT2D eigenvalue weighted by Gasteiger charge is -2.14. The van der Waals surface area contributed by atoms with Gasteiger partial charge in [-0.2, -0.15) is 0 Å². The molecule has 2 aromatic carbocycles. The molecule has 0 atom stereocenters. The van der Waals surface area contributed by atoms with E-state index in [9.17, 15) is 13.2 Å². The van der Waals surface area contributed by atoms with Crippen LogP contribution in [0.5, 0.6) is 0 Å². The first-order valence-electron chi connectivity index (χ1n) is 6.50. The first-order valence-corrected chi connectivity index (χ1v) is 7.94. The molecule has 3 rings (SSSR count). The van der Waals surface area contributed by atoms with E-state index >= 15 is 0 Å². The van der Waals surface area contributed by atoms with Gasteiger partial charge in [-0.15, -0.1) is 0 Å². The number of carbonyl (C=O) groups excluding carboxylic acids is 1. The van der Waals surface area contributed by atoms with E-state index in [1.165, 1.54) is 18.2 Å². The Kier molecular flexibility index (Phi) is 3.17. The number of hydrogen-bond acceptors (Lipinski definition) is 4. The molecule has 2 aromatic rings. The average molecular weight is 302 g/mol. The third-order valence-electron chi connectivity index (χ3n) is 3.48. The Morgan fingerprint density at radius 3 is 2.48 bits per heavy atom. The average Bonchev–Trinajstić information content (AvgIpc) is 2.65.